The summed E-state index contributed by atoms with van der Waals surface area (Å²) in [6.07, 6.45) is 8.19. The number of hydrogen-bond acceptors (Lipinski definition) is 0. The zero-order chi connectivity index (χ0) is 26.5. The van der Waals surface area contributed by atoms with Crippen molar-refractivity contribution in [2.75, 3.05) is 0 Å². The van der Waals surface area contributed by atoms with Crippen molar-refractivity contribution in [2.24, 2.45) is 0 Å². The van der Waals surface area contributed by atoms with Crippen molar-refractivity contribution in [3.8, 4) is 11.1 Å². The van der Waals surface area contributed by atoms with Gasteiger partial charge in [-0.2, -0.15) is 0 Å². The number of rotatable bonds is 4. The summed E-state index contributed by atoms with van der Waals surface area (Å²) in [5, 5.41) is 5.53. The van der Waals surface area contributed by atoms with Crippen molar-refractivity contribution in [3.63, 3.8) is 0 Å². The molecule has 1 atom stereocenters. The van der Waals surface area contributed by atoms with Gasteiger partial charge in [0.05, 0.1) is 0 Å². The second-order valence-corrected chi connectivity index (χ2v) is 17.0. The Morgan fingerprint density at radius 1 is 0.548 bits per heavy atom. The van der Waals surface area contributed by atoms with Crippen LogP contribution in [0.5, 0.6) is 0 Å². The Hall–Kier alpha value is -3.35. The topological polar surface area (TPSA) is 0 Å². The predicted octanol–water partition coefficient (Wildman–Crippen LogP) is 3.80. The van der Waals surface area contributed by atoms with Crippen molar-refractivity contribution >= 4 is 24.8 Å². The molecular formula is C39H28Cl2Zr. The number of hydrogen-bond donors (Lipinski definition) is 0. The van der Waals surface area contributed by atoms with Gasteiger partial charge >= 0.3 is 244 Å². The Bertz CT molecular complexity index is 1980. The van der Waals surface area contributed by atoms with Gasteiger partial charge in [-0.3, -0.25) is 0 Å². The van der Waals surface area contributed by atoms with Crippen LogP contribution in [0.25, 0.3) is 32.7 Å². The fourth-order valence-corrected chi connectivity index (χ4v) is 16.1. The standard InChI is InChI=1S/C21H13.C13H10.C5H5.2ClH.Zr/c1-2-8-15-14(7-1)13-20-18-11-4-3-9-16(18)17-10-5-6-12-19(17)21(15)20;1-3-7-12(8-4-1)11-13-9-5-2-6-10-13;1-2-4-5-3-1;;;/h1-13H;1-10H;1-3H,4H2;2*1H;/q;;;;;+2/p-2. The maximum Gasteiger partial charge on any atom is -1.00 e. The van der Waals surface area contributed by atoms with Crippen molar-refractivity contribution in [1.29, 1.82) is 0 Å². The van der Waals surface area contributed by atoms with Crippen LogP contribution in [0.15, 0.2) is 155 Å². The minimum absolute atomic E-state index is 0. The van der Waals surface area contributed by atoms with Gasteiger partial charge in [0.15, 0.2) is 0 Å². The molecule has 202 valence electrons. The smallest absolute Gasteiger partial charge is 1.00 e. The largest absolute Gasteiger partial charge is 1.00 e. The van der Waals surface area contributed by atoms with Gasteiger partial charge in [-0.15, -0.1) is 0 Å². The molecule has 6 aromatic carbocycles. The van der Waals surface area contributed by atoms with Crippen LogP contribution >= 0.6 is 0 Å². The average Bonchev–Trinajstić information content (AvgIpc) is 3.68. The summed E-state index contributed by atoms with van der Waals surface area (Å²) in [5.41, 5.74) is 8.72. The molecule has 0 aromatic heterocycles. The molecule has 6 aromatic rings. The molecule has 1 unspecified atom stereocenters. The molecule has 0 nitrogen and oxygen atoms in total. The molecule has 8 rings (SSSR count). The Balaban J connectivity index is 0.00000158. The van der Waals surface area contributed by atoms with Gasteiger partial charge in [-0.05, 0) is 0 Å². The van der Waals surface area contributed by atoms with Gasteiger partial charge in [0.25, 0.3) is 0 Å². The fraction of sp³-hybridized carbons (Fsp3) is 0.0513. The van der Waals surface area contributed by atoms with E-state index in [4.69, 9.17) is 0 Å². The number of allylic oxidation sites excluding steroid dienone is 4. The van der Waals surface area contributed by atoms with Crippen LogP contribution in [-0.4, -0.2) is 3.21 Å². The summed E-state index contributed by atoms with van der Waals surface area (Å²) in [6.45, 7) is 0. The van der Waals surface area contributed by atoms with E-state index >= 15 is 0 Å². The second kappa shape index (κ2) is 12.1. The van der Waals surface area contributed by atoms with Crippen LogP contribution in [0.2, 0.25) is 0 Å². The van der Waals surface area contributed by atoms with E-state index in [-0.39, 0.29) is 24.8 Å². The molecule has 0 N–H and O–H groups in total. The molecule has 2 aliphatic rings. The molecule has 2 aliphatic carbocycles. The minimum Gasteiger partial charge on any atom is -1.00 e. The third-order valence-corrected chi connectivity index (χ3v) is 16.9. The van der Waals surface area contributed by atoms with Crippen molar-refractivity contribution in [2.45, 2.75) is 10.0 Å². The Kier molecular flexibility index (Phi) is 8.29. The summed E-state index contributed by atoms with van der Waals surface area (Å²) in [5.74, 6) is 0. The van der Waals surface area contributed by atoms with E-state index in [9.17, 15) is 0 Å². The van der Waals surface area contributed by atoms with Crippen molar-refractivity contribution in [3.05, 3.63) is 177 Å². The molecule has 3 heteroatoms. The number of fused-ring (bicyclic) bond motifs is 8. The quantitative estimate of drug-likeness (QED) is 0.253. The summed E-state index contributed by atoms with van der Waals surface area (Å²) in [7, 11) is 0. The van der Waals surface area contributed by atoms with Crippen molar-refractivity contribution in [1.82, 2.24) is 0 Å². The van der Waals surface area contributed by atoms with Crippen LogP contribution < -0.4 is 24.8 Å². The molecule has 0 radical (unpaired) electrons. The third-order valence-electron chi connectivity index (χ3n) is 8.60. The van der Waals surface area contributed by atoms with E-state index in [1.807, 2.05) is 0 Å². The molecule has 0 saturated heterocycles. The monoisotopic (exact) mass is 656 g/mol. The van der Waals surface area contributed by atoms with Crippen LogP contribution in [0, 0.1) is 0 Å². The third kappa shape index (κ3) is 4.60. The number of halogens is 2. The van der Waals surface area contributed by atoms with Crippen LogP contribution in [0.1, 0.15) is 32.3 Å². The van der Waals surface area contributed by atoms with E-state index in [0.717, 1.165) is 6.42 Å². The first kappa shape index (κ1) is 28.8. The zero-order valence-corrected chi connectivity index (χ0v) is 26.9. The molecule has 0 bridgehead atoms. The predicted molar refractivity (Wildman–Crippen MR) is 167 cm³/mol. The van der Waals surface area contributed by atoms with Gasteiger partial charge in [0.1, 0.15) is 0 Å². The first-order valence-electron chi connectivity index (χ1n) is 14.1. The van der Waals surface area contributed by atoms with Gasteiger partial charge in [-0.25, -0.2) is 0 Å². The minimum atomic E-state index is -2.70. The van der Waals surface area contributed by atoms with E-state index < -0.39 is 21.3 Å². The summed E-state index contributed by atoms with van der Waals surface area (Å²) in [6, 6.07) is 50.0. The van der Waals surface area contributed by atoms with Gasteiger partial charge < -0.3 is 24.8 Å². The molecule has 0 saturated carbocycles. The normalized spacial score (nSPS) is 14.3. The SMILES string of the molecule is C1=CC[C]([Zr+2](=[C](c2ccccc2)c2ccccc2)[CH]2c3ccccc3-c3c2c2ccccc2c2ccccc32)=C1.[Cl-].[Cl-]. The van der Waals surface area contributed by atoms with Gasteiger partial charge in [0.2, 0.25) is 0 Å². The van der Waals surface area contributed by atoms with Gasteiger partial charge in [0, 0.05) is 0 Å². The molecule has 42 heavy (non-hydrogen) atoms. The van der Waals surface area contributed by atoms with Crippen LogP contribution in [0.3, 0.4) is 0 Å². The van der Waals surface area contributed by atoms with E-state index in [2.05, 4.69) is 152 Å². The van der Waals surface area contributed by atoms with Crippen molar-refractivity contribution < 1.29 is 46.1 Å². The number of benzene rings is 6. The summed E-state index contributed by atoms with van der Waals surface area (Å²) < 4.78 is 3.67. The van der Waals surface area contributed by atoms with E-state index in [1.165, 1.54) is 49.4 Å². The fourth-order valence-electron chi connectivity index (χ4n) is 7.01. The van der Waals surface area contributed by atoms with Gasteiger partial charge in [-0.1, -0.05) is 0 Å². The first-order valence-corrected chi connectivity index (χ1v) is 18.0. The maximum atomic E-state index is 2.46. The molecular weight excluding hydrogens is 631 g/mol. The molecule has 0 heterocycles. The maximum absolute atomic E-state index is 2.70. The Morgan fingerprint density at radius 3 is 1.69 bits per heavy atom. The zero-order valence-electron chi connectivity index (χ0n) is 23.0. The molecule has 0 fully saturated rings. The molecule has 0 aliphatic heterocycles. The average molecular weight is 659 g/mol. The van der Waals surface area contributed by atoms with E-state index in [1.54, 1.807) is 12.1 Å². The second-order valence-electron chi connectivity index (χ2n) is 10.7. The molecule has 0 amide bonds. The first-order chi connectivity index (χ1) is 19.9. The Morgan fingerprint density at radius 2 is 1.07 bits per heavy atom. The molecule has 0 spiro atoms. The van der Waals surface area contributed by atoms with Crippen LogP contribution in [-0.2, 0) is 21.3 Å². The summed E-state index contributed by atoms with van der Waals surface area (Å²) >= 11 is -2.70. The Labute approximate surface area is 267 Å². The van der Waals surface area contributed by atoms with Crippen LogP contribution in [0.4, 0.5) is 0 Å². The van der Waals surface area contributed by atoms with E-state index in [0.29, 0.717) is 3.63 Å². The summed E-state index contributed by atoms with van der Waals surface area (Å²) in [4.78, 5) is 0.